The molecule has 0 aromatic heterocycles. The molecule has 3 nitrogen and oxygen atoms in total. The number of rotatable bonds is 7. The Labute approximate surface area is 123 Å². The van der Waals surface area contributed by atoms with Crippen molar-refractivity contribution < 1.29 is 9.84 Å². The lowest BCUT2D eigenvalue weighted by atomic mass is 9.88. The topological polar surface area (TPSA) is 41.5 Å². The fourth-order valence-electron chi connectivity index (χ4n) is 2.58. The van der Waals surface area contributed by atoms with E-state index in [0.717, 1.165) is 18.6 Å². The molecule has 2 atom stereocenters. The molecule has 1 aromatic rings. The highest BCUT2D eigenvalue weighted by molar-refractivity contribution is 5.33. The lowest BCUT2D eigenvalue weighted by molar-refractivity contribution is 0.190. The molecule has 3 heteroatoms. The third-order valence-corrected chi connectivity index (χ3v) is 3.32. The van der Waals surface area contributed by atoms with E-state index in [9.17, 15) is 5.11 Å². The van der Waals surface area contributed by atoms with Gasteiger partial charge in [-0.15, -0.1) is 0 Å². The third kappa shape index (κ3) is 5.93. The summed E-state index contributed by atoms with van der Waals surface area (Å²) in [5.74, 6) is 0.928. The van der Waals surface area contributed by atoms with Crippen molar-refractivity contribution in [1.29, 1.82) is 0 Å². The average Bonchev–Trinajstić information content (AvgIpc) is 2.36. The van der Waals surface area contributed by atoms with Crippen LogP contribution in [0.2, 0.25) is 0 Å². The van der Waals surface area contributed by atoms with E-state index in [2.05, 4.69) is 39.1 Å². The number of nitrogens with one attached hydrogen (secondary N) is 1. The van der Waals surface area contributed by atoms with E-state index in [0.29, 0.717) is 6.04 Å². The van der Waals surface area contributed by atoms with Crippen molar-refractivity contribution in [1.82, 2.24) is 5.32 Å². The van der Waals surface area contributed by atoms with E-state index in [4.69, 9.17) is 4.74 Å². The molecule has 0 radical (unpaired) electrons. The quantitative estimate of drug-likeness (QED) is 0.806. The lowest BCUT2D eigenvalue weighted by Gasteiger charge is -2.28. The summed E-state index contributed by atoms with van der Waals surface area (Å²) < 4.78 is 5.38. The highest BCUT2D eigenvalue weighted by Crippen LogP contribution is 2.22. The number of para-hydroxylation sites is 1. The van der Waals surface area contributed by atoms with Crippen molar-refractivity contribution in [2.24, 2.45) is 5.41 Å². The number of hydrogen-bond acceptors (Lipinski definition) is 3. The maximum atomic E-state index is 9.52. The van der Waals surface area contributed by atoms with E-state index >= 15 is 0 Å². The van der Waals surface area contributed by atoms with Gasteiger partial charge in [0, 0.05) is 12.1 Å². The largest absolute Gasteiger partial charge is 0.496 e. The molecule has 20 heavy (non-hydrogen) atoms. The first-order valence-electron chi connectivity index (χ1n) is 7.34. The van der Waals surface area contributed by atoms with Crippen LogP contribution in [0.25, 0.3) is 0 Å². The highest BCUT2D eigenvalue weighted by Gasteiger charge is 2.20. The maximum Gasteiger partial charge on any atom is 0.122 e. The number of hydrogen-bond donors (Lipinski definition) is 2. The Morgan fingerprint density at radius 1 is 1.25 bits per heavy atom. The van der Waals surface area contributed by atoms with Gasteiger partial charge in [0.15, 0.2) is 0 Å². The van der Waals surface area contributed by atoms with Gasteiger partial charge < -0.3 is 15.2 Å². The van der Waals surface area contributed by atoms with Crippen LogP contribution in [0, 0.1) is 5.41 Å². The van der Waals surface area contributed by atoms with Gasteiger partial charge in [0.2, 0.25) is 0 Å². The second-order valence-electron chi connectivity index (χ2n) is 6.73. The highest BCUT2D eigenvalue weighted by atomic mass is 16.5. The fourth-order valence-corrected chi connectivity index (χ4v) is 2.58. The summed E-state index contributed by atoms with van der Waals surface area (Å²) in [5.41, 5.74) is 1.41. The van der Waals surface area contributed by atoms with Crippen LogP contribution in [0.4, 0.5) is 0 Å². The number of aliphatic hydroxyl groups is 1. The first kappa shape index (κ1) is 17.0. The minimum absolute atomic E-state index is 0.139. The third-order valence-electron chi connectivity index (χ3n) is 3.32. The lowest BCUT2D eigenvalue weighted by Crippen LogP contribution is -2.42. The smallest absolute Gasteiger partial charge is 0.122 e. The predicted molar refractivity (Wildman–Crippen MR) is 84.2 cm³/mol. The zero-order chi connectivity index (χ0) is 15.2. The van der Waals surface area contributed by atoms with Crippen molar-refractivity contribution in [3.8, 4) is 5.75 Å². The molecule has 0 aliphatic rings. The Morgan fingerprint density at radius 3 is 2.45 bits per heavy atom. The monoisotopic (exact) mass is 279 g/mol. The van der Waals surface area contributed by atoms with Crippen molar-refractivity contribution in [3.63, 3.8) is 0 Å². The fraction of sp³-hybridized carbons (Fsp3) is 0.647. The van der Waals surface area contributed by atoms with Gasteiger partial charge >= 0.3 is 0 Å². The molecule has 2 N–H and O–H groups in total. The van der Waals surface area contributed by atoms with Crippen LogP contribution < -0.4 is 10.1 Å². The van der Waals surface area contributed by atoms with Crippen LogP contribution in [-0.2, 0) is 6.42 Å². The molecular weight excluding hydrogens is 250 g/mol. The van der Waals surface area contributed by atoms with Crippen LogP contribution in [0.1, 0.15) is 39.7 Å². The van der Waals surface area contributed by atoms with Crippen LogP contribution >= 0.6 is 0 Å². The number of aliphatic hydroxyl groups excluding tert-OH is 1. The molecule has 2 unspecified atom stereocenters. The predicted octanol–water partition coefficient (Wildman–Crippen LogP) is 3.01. The Morgan fingerprint density at radius 2 is 1.90 bits per heavy atom. The Balaban J connectivity index is 2.59. The minimum atomic E-state index is 0.139. The van der Waals surface area contributed by atoms with Crippen molar-refractivity contribution >= 4 is 0 Å². The molecule has 0 aliphatic carbocycles. The van der Waals surface area contributed by atoms with Gasteiger partial charge in [-0.3, -0.25) is 0 Å². The van der Waals surface area contributed by atoms with Gasteiger partial charge in [-0.1, -0.05) is 39.0 Å². The Bertz CT molecular complexity index is 398. The van der Waals surface area contributed by atoms with Gasteiger partial charge in [-0.2, -0.15) is 0 Å². The van der Waals surface area contributed by atoms with Gasteiger partial charge in [0.1, 0.15) is 5.75 Å². The Hall–Kier alpha value is -1.06. The molecular formula is C17H29NO2. The van der Waals surface area contributed by atoms with E-state index in [1.54, 1.807) is 7.11 Å². The summed E-state index contributed by atoms with van der Waals surface area (Å²) in [7, 11) is 1.70. The summed E-state index contributed by atoms with van der Waals surface area (Å²) in [6.07, 6.45) is 1.85. The Kier molecular flexibility index (Phi) is 6.50. The number of methoxy groups -OCH3 is 1. The summed E-state index contributed by atoms with van der Waals surface area (Å²) in [4.78, 5) is 0. The molecule has 0 saturated heterocycles. The number of ether oxygens (including phenoxy) is 1. The maximum absolute atomic E-state index is 9.52. The molecule has 0 amide bonds. The van der Waals surface area contributed by atoms with Gasteiger partial charge in [0.05, 0.1) is 13.7 Å². The van der Waals surface area contributed by atoms with Crippen LogP contribution in [0.15, 0.2) is 24.3 Å². The normalized spacial score (nSPS) is 14.9. The molecule has 114 valence electrons. The molecule has 0 spiro atoms. The molecule has 0 aliphatic heterocycles. The van der Waals surface area contributed by atoms with E-state index in [1.807, 2.05) is 18.2 Å². The zero-order valence-electron chi connectivity index (χ0n) is 13.4. The summed E-state index contributed by atoms with van der Waals surface area (Å²) in [6, 6.07) is 8.53. The first-order valence-corrected chi connectivity index (χ1v) is 7.34. The van der Waals surface area contributed by atoms with Crippen LogP contribution in [0.5, 0.6) is 5.75 Å². The first-order chi connectivity index (χ1) is 9.35. The van der Waals surface area contributed by atoms with Crippen LogP contribution in [-0.4, -0.2) is 30.9 Å². The summed E-state index contributed by atoms with van der Waals surface area (Å²) >= 11 is 0. The average molecular weight is 279 g/mol. The van der Waals surface area contributed by atoms with Gasteiger partial charge in [0.25, 0.3) is 0 Å². The summed E-state index contributed by atoms with van der Waals surface area (Å²) in [6.45, 7) is 8.91. The second-order valence-corrected chi connectivity index (χ2v) is 6.73. The second kappa shape index (κ2) is 7.65. The van der Waals surface area contributed by atoms with E-state index in [-0.39, 0.29) is 18.1 Å². The van der Waals surface area contributed by atoms with Crippen molar-refractivity contribution in [3.05, 3.63) is 29.8 Å². The number of benzene rings is 1. The van der Waals surface area contributed by atoms with Gasteiger partial charge in [-0.25, -0.2) is 0 Å². The van der Waals surface area contributed by atoms with E-state index in [1.165, 1.54) is 5.56 Å². The minimum Gasteiger partial charge on any atom is -0.496 e. The molecule has 1 aromatic carbocycles. The summed E-state index contributed by atoms with van der Waals surface area (Å²) in [5, 5.41) is 13.0. The standard InChI is InChI=1S/C17H29NO2/c1-13(18-15(12-19)11-17(2,3)4)10-14-8-6-7-9-16(14)20-5/h6-9,13,15,18-19H,10-12H2,1-5H3. The molecule has 0 fully saturated rings. The van der Waals surface area contributed by atoms with Crippen molar-refractivity contribution in [2.45, 2.75) is 52.6 Å². The molecule has 0 heterocycles. The zero-order valence-corrected chi connectivity index (χ0v) is 13.4. The SMILES string of the molecule is COc1ccccc1CC(C)NC(CO)CC(C)(C)C. The molecule has 0 bridgehead atoms. The van der Waals surface area contributed by atoms with E-state index < -0.39 is 0 Å². The van der Waals surface area contributed by atoms with Crippen LogP contribution in [0.3, 0.4) is 0 Å². The van der Waals surface area contributed by atoms with Crippen molar-refractivity contribution in [2.75, 3.05) is 13.7 Å². The van der Waals surface area contributed by atoms with Gasteiger partial charge in [-0.05, 0) is 36.8 Å². The molecule has 0 saturated carbocycles. The molecule has 1 rings (SSSR count).